The molecule has 2 rings (SSSR count). The van der Waals surface area contributed by atoms with E-state index in [1.165, 1.54) is 18.5 Å². The van der Waals surface area contributed by atoms with Gasteiger partial charge < -0.3 is 10.2 Å². The molecule has 0 fully saturated rings. The van der Waals surface area contributed by atoms with Gasteiger partial charge in [-0.05, 0) is 24.1 Å². The molecule has 0 aliphatic carbocycles. The molecule has 0 saturated carbocycles. The fraction of sp³-hybridized carbons (Fsp3) is 0.231. The van der Waals surface area contributed by atoms with Crippen molar-refractivity contribution in [1.82, 2.24) is 9.97 Å². The molecule has 0 aliphatic heterocycles. The van der Waals surface area contributed by atoms with Crippen LogP contribution in [0.15, 0.2) is 29.0 Å². The first-order chi connectivity index (χ1) is 9.52. The number of benzene rings is 1. The molecule has 2 aromatic rings. The molecule has 5 nitrogen and oxygen atoms in total. The van der Waals surface area contributed by atoms with Gasteiger partial charge in [-0.3, -0.25) is 0 Å². The first-order valence-electron chi connectivity index (χ1n) is 5.97. The predicted octanol–water partition coefficient (Wildman–Crippen LogP) is 3.58. The summed E-state index contributed by atoms with van der Waals surface area (Å²) in [7, 11) is 0. The highest BCUT2D eigenvalue weighted by atomic mass is 79.9. The Kier molecular flexibility index (Phi) is 4.51. The van der Waals surface area contributed by atoms with Crippen LogP contribution in [0.2, 0.25) is 0 Å². The SMILES string of the molecule is CC(C)c1c(NN)ncnc1Oc1cc(Br)ccc1F. The number of nitrogens with zero attached hydrogens (tertiary/aromatic N) is 2. The monoisotopic (exact) mass is 340 g/mol. The van der Waals surface area contributed by atoms with Gasteiger partial charge in [0.25, 0.3) is 0 Å². The van der Waals surface area contributed by atoms with Gasteiger partial charge in [0.1, 0.15) is 6.33 Å². The van der Waals surface area contributed by atoms with Crippen molar-refractivity contribution >= 4 is 21.7 Å². The summed E-state index contributed by atoms with van der Waals surface area (Å²) >= 11 is 3.27. The molecule has 1 heterocycles. The Balaban J connectivity index is 2.45. The van der Waals surface area contributed by atoms with Crippen molar-refractivity contribution in [3.63, 3.8) is 0 Å². The lowest BCUT2D eigenvalue weighted by Gasteiger charge is -2.15. The molecule has 0 amide bonds. The zero-order valence-electron chi connectivity index (χ0n) is 11.0. The molecule has 0 bridgehead atoms. The van der Waals surface area contributed by atoms with E-state index in [2.05, 4.69) is 31.3 Å². The van der Waals surface area contributed by atoms with Gasteiger partial charge in [0.05, 0.1) is 5.56 Å². The fourth-order valence-electron chi connectivity index (χ4n) is 1.76. The quantitative estimate of drug-likeness (QED) is 0.657. The number of hydrazine groups is 1. The largest absolute Gasteiger partial charge is 0.435 e. The van der Waals surface area contributed by atoms with Gasteiger partial charge in [0.15, 0.2) is 17.4 Å². The maximum Gasteiger partial charge on any atom is 0.228 e. The lowest BCUT2D eigenvalue weighted by molar-refractivity contribution is 0.419. The van der Waals surface area contributed by atoms with Crippen LogP contribution in [0.5, 0.6) is 11.6 Å². The smallest absolute Gasteiger partial charge is 0.228 e. The first kappa shape index (κ1) is 14.7. The summed E-state index contributed by atoms with van der Waals surface area (Å²) in [4.78, 5) is 8.09. The van der Waals surface area contributed by atoms with Gasteiger partial charge in [0.2, 0.25) is 5.88 Å². The Morgan fingerprint density at radius 3 is 2.75 bits per heavy atom. The number of hydrogen-bond donors (Lipinski definition) is 2. The molecule has 106 valence electrons. The van der Waals surface area contributed by atoms with Crippen LogP contribution in [0.3, 0.4) is 0 Å². The Labute approximate surface area is 124 Å². The van der Waals surface area contributed by atoms with Gasteiger partial charge in [-0.1, -0.05) is 29.8 Å². The maximum atomic E-state index is 13.7. The number of nitrogens with two attached hydrogens (primary N) is 1. The maximum absolute atomic E-state index is 13.7. The van der Waals surface area contributed by atoms with E-state index in [4.69, 9.17) is 10.6 Å². The highest BCUT2D eigenvalue weighted by Gasteiger charge is 2.17. The minimum Gasteiger partial charge on any atom is -0.435 e. The number of anilines is 1. The zero-order chi connectivity index (χ0) is 14.7. The summed E-state index contributed by atoms with van der Waals surface area (Å²) in [5, 5.41) is 0. The van der Waals surface area contributed by atoms with Gasteiger partial charge in [0, 0.05) is 4.47 Å². The van der Waals surface area contributed by atoms with Crippen LogP contribution in [-0.2, 0) is 0 Å². The number of hydrogen-bond acceptors (Lipinski definition) is 5. The molecule has 0 unspecified atom stereocenters. The molecule has 3 N–H and O–H groups in total. The van der Waals surface area contributed by atoms with Crippen LogP contribution < -0.4 is 16.0 Å². The number of aromatic nitrogens is 2. The highest BCUT2D eigenvalue weighted by molar-refractivity contribution is 9.10. The predicted molar refractivity (Wildman–Crippen MR) is 78.1 cm³/mol. The second kappa shape index (κ2) is 6.15. The van der Waals surface area contributed by atoms with Crippen molar-refractivity contribution in [1.29, 1.82) is 0 Å². The van der Waals surface area contributed by atoms with E-state index < -0.39 is 5.82 Å². The molecular formula is C13H14BrFN4O. The summed E-state index contributed by atoms with van der Waals surface area (Å²) in [6.45, 7) is 3.90. The van der Waals surface area contributed by atoms with Crippen LogP contribution >= 0.6 is 15.9 Å². The van der Waals surface area contributed by atoms with Crippen molar-refractivity contribution in [2.45, 2.75) is 19.8 Å². The van der Waals surface area contributed by atoms with E-state index in [1.54, 1.807) is 6.07 Å². The van der Waals surface area contributed by atoms with E-state index in [-0.39, 0.29) is 17.5 Å². The number of rotatable bonds is 4. The van der Waals surface area contributed by atoms with Gasteiger partial charge in [-0.2, -0.15) is 0 Å². The standard InChI is InChI=1S/C13H14BrFN4O/c1-7(2)11-12(19-16)17-6-18-13(11)20-10-5-8(14)3-4-9(10)15/h3-7H,16H2,1-2H3,(H,17,18,19). The number of halogens is 2. The van der Waals surface area contributed by atoms with Crippen LogP contribution in [0.1, 0.15) is 25.3 Å². The Morgan fingerprint density at radius 2 is 2.10 bits per heavy atom. The third-order valence-electron chi connectivity index (χ3n) is 2.66. The summed E-state index contributed by atoms with van der Waals surface area (Å²) in [5.74, 6) is 5.84. The number of nitrogen functional groups attached to an aromatic ring is 1. The molecule has 0 atom stereocenters. The van der Waals surface area contributed by atoms with E-state index in [0.717, 1.165) is 0 Å². The van der Waals surface area contributed by atoms with Crippen molar-refractivity contribution < 1.29 is 9.13 Å². The minimum absolute atomic E-state index is 0.0625. The topological polar surface area (TPSA) is 73.1 Å². The summed E-state index contributed by atoms with van der Waals surface area (Å²) < 4.78 is 20.0. The highest BCUT2D eigenvalue weighted by Crippen LogP contribution is 2.34. The minimum atomic E-state index is -0.469. The molecule has 0 spiro atoms. The first-order valence-corrected chi connectivity index (χ1v) is 6.76. The second-order valence-electron chi connectivity index (χ2n) is 4.42. The molecule has 7 heteroatoms. The van der Waals surface area contributed by atoms with E-state index in [1.807, 2.05) is 13.8 Å². The molecule has 20 heavy (non-hydrogen) atoms. The van der Waals surface area contributed by atoms with Crippen LogP contribution in [-0.4, -0.2) is 9.97 Å². The van der Waals surface area contributed by atoms with E-state index in [0.29, 0.717) is 15.9 Å². The van der Waals surface area contributed by atoms with E-state index in [9.17, 15) is 4.39 Å². The van der Waals surface area contributed by atoms with Gasteiger partial charge in [-0.15, -0.1) is 0 Å². The third kappa shape index (κ3) is 3.05. The summed E-state index contributed by atoms with van der Waals surface area (Å²) in [5.41, 5.74) is 3.18. The molecular weight excluding hydrogens is 327 g/mol. The van der Waals surface area contributed by atoms with Gasteiger partial charge in [-0.25, -0.2) is 20.2 Å². The molecule has 0 saturated heterocycles. The Bertz CT molecular complexity index is 621. The zero-order valence-corrected chi connectivity index (χ0v) is 12.6. The fourth-order valence-corrected chi connectivity index (χ4v) is 2.10. The van der Waals surface area contributed by atoms with Crippen LogP contribution in [0.4, 0.5) is 10.2 Å². The van der Waals surface area contributed by atoms with Crippen molar-refractivity contribution in [3.05, 3.63) is 40.4 Å². The lowest BCUT2D eigenvalue weighted by Crippen LogP contribution is -2.13. The lowest BCUT2D eigenvalue weighted by atomic mass is 10.1. The summed E-state index contributed by atoms with van der Waals surface area (Å²) in [6.07, 6.45) is 1.31. The van der Waals surface area contributed by atoms with Crippen LogP contribution in [0.25, 0.3) is 0 Å². The van der Waals surface area contributed by atoms with Gasteiger partial charge >= 0.3 is 0 Å². The molecule has 0 radical (unpaired) electrons. The molecule has 1 aromatic carbocycles. The molecule has 0 aliphatic rings. The average molecular weight is 341 g/mol. The number of nitrogens with one attached hydrogen (secondary N) is 1. The average Bonchev–Trinajstić information content (AvgIpc) is 2.42. The van der Waals surface area contributed by atoms with Crippen molar-refractivity contribution in [3.8, 4) is 11.6 Å². The third-order valence-corrected chi connectivity index (χ3v) is 3.15. The Hall–Kier alpha value is -1.73. The normalized spacial score (nSPS) is 10.7. The number of ether oxygens (including phenoxy) is 1. The Morgan fingerprint density at radius 1 is 1.35 bits per heavy atom. The van der Waals surface area contributed by atoms with Crippen molar-refractivity contribution in [2.75, 3.05) is 5.43 Å². The summed E-state index contributed by atoms with van der Waals surface area (Å²) in [6, 6.07) is 4.45. The van der Waals surface area contributed by atoms with Crippen LogP contribution in [0, 0.1) is 5.82 Å². The molecule has 1 aromatic heterocycles. The second-order valence-corrected chi connectivity index (χ2v) is 5.33. The van der Waals surface area contributed by atoms with E-state index >= 15 is 0 Å². The van der Waals surface area contributed by atoms with Crippen molar-refractivity contribution in [2.24, 2.45) is 5.84 Å².